The van der Waals surface area contributed by atoms with Crippen LogP contribution in [0, 0.1) is 0 Å². The minimum absolute atomic E-state index is 0.257. The fourth-order valence-corrected chi connectivity index (χ4v) is 4.47. The van der Waals surface area contributed by atoms with Gasteiger partial charge in [-0.2, -0.15) is 0 Å². The Morgan fingerprint density at radius 1 is 1.05 bits per heavy atom. The Bertz CT molecular complexity index is 1690. The molecule has 5 aromatic rings. The van der Waals surface area contributed by atoms with Crippen molar-refractivity contribution in [3.8, 4) is 5.75 Å². The number of benzene rings is 2. The number of rotatable bonds is 8. The first-order chi connectivity index (χ1) is 19.1. The highest BCUT2D eigenvalue weighted by Gasteiger charge is 2.31. The first-order valence-corrected chi connectivity index (χ1v) is 12.7. The molecule has 40 heavy (non-hydrogen) atoms. The maximum Gasteiger partial charge on any atom is 0.573 e. The van der Waals surface area contributed by atoms with Crippen LogP contribution in [0.15, 0.2) is 67.0 Å². The van der Waals surface area contributed by atoms with Crippen molar-refractivity contribution in [3.63, 3.8) is 0 Å². The Hall–Kier alpha value is -4.38. The summed E-state index contributed by atoms with van der Waals surface area (Å²) >= 11 is 6.14. The summed E-state index contributed by atoms with van der Waals surface area (Å²) in [5.41, 5.74) is 4.75. The Morgan fingerprint density at radius 2 is 1.80 bits per heavy atom. The molecular formula is C28H24ClF3N6O2. The molecule has 0 radical (unpaired) electrons. The van der Waals surface area contributed by atoms with Gasteiger partial charge in [-0.05, 0) is 53.9 Å². The number of nitrogens with zero attached hydrogens (tertiary/aromatic N) is 5. The average molecular weight is 569 g/mol. The number of aromatic nitrogens is 4. The molecule has 5 rings (SSSR count). The van der Waals surface area contributed by atoms with Gasteiger partial charge in [0.25, 0.3) is 5.91 Å². The molecule has 0 fully saturated rings. The summed E-state index contributed by atoms with van der Waals surface area (Å²) < 4.78 is 42.8. The molecule has 0 spiro atoms. The minimum Gasteiger partial charge on any atom is -0.406 e. The SMILES string of the molecule is CCc1nc2ccc(Cl)cn2c1C(=O)NCc1ccc2nc(N(C)Cc3ccc(OC(F)(F)F)cc3)cnc2c1. The van der Waals surface area contributed by atoms with E-state index in [9.17, 15) is 18.0 Å². The van der Waals surface area contributed by atoms with E-state index < -0.39 is 6.36 Å². The number of anilines is 1. The van der Waals surface area contributed by atoms with E-state index >= 15 is 0 Å². The zero-order chi connectivity index (χ0) is 28.4. The number of carbonyl (C=O) groups excluding carboxylic acids is 1. The number of hydrogen-bond acceptors (Lipinski definition) is 6. The van der Waals surface area contributed by atoms with E-state index in [-0.39, 0.29) is 18.2 Å². The maximum absolute atomic E-state index is 13.1. The average Bonchev–Trinajstić information content (AvgIpc) is 3.29. The highest BCUT2D eigenvalue weighted by molar-refractivity contribution is 6.30. The molecule has 3 aromatic heterocycles. The monoisotopic (exact) mass is 568 g/mol. The molecule has 0 aliphatic rings. The van der Waals surface area contributed by atoms with Gasteiger partial charge in [0.1, 0.15) is 22.9 Å². The number of aryl methyl sites for hydroxylation is 1. The normalized spacial score (nSPS) is 11.7. The van der Waals surface area contributed by atoms with Crippen LogP contribution in [0.1, 0.15) is 34.2 Å². The lowest BCUT2D eigenvalue weighted by Crippen LogP contribution is -2.25. The Labute approximate surface area is 232 Å². The van der Waals surface area contributed by atoms with Gasteiger partial charge >= 0.3 is 6.36 Å². The van der Waals surface area contributed by atoms with Crippen molar-refractivity contribution < 1.29 is 22.7 Å². The third kappa shape index (κ3) is 6.09. The number of alkyl halides is 3. The molecule has 1 amide bonds. The van der Waals surface area contributed by atoms with Crippen molar-refractivity contribution in [3.05, 3.63) is 94.5 Å². The van der Waals surface area contributed by atoms with Gasteiger partial charge in [-0.15, -0.1) is 13.2 Å². The second-order valence-corrected chi connectivity index (χ2v) is 9.55. The van der Waals surface area contributed by atoms with Crippen molar-refractivity contribution in [2.45, 2.75) is 32.8 Å². The van der Waals surface area contributed by atoms with Gasteiger partial charge in [-0.1, -0.05) is 36.7 Å². The van der Waals surface area contributed by atoms with Crippen LogP contribution in [0.4, 0.5) is 19.0 Å². The molecule has 0 unspecified atom stereocenters. The summed E-state index contributed by atoms with van der Waals surface area (Å²) in [6.07, 6.45) is -0.827. The number of nitrogens with one attached hydrogen (secondary N) is 1. The summed E-state index contributed by atoms with van der Waals surface area (Å²) in [4.78, 5) is 28.6. The van der Waals surface area contributed by atoms with Crippen molar-refractivity contribution in [1.82, 2.24) is 24.7 Å². The lowest BCUT2D eigenvalue weighted by Gasteiger charge is -2.18. The van der Waals surface area contributed by atoms with Gasteiger partial charge in [0.05, 0.1) is 27.9 Å². The van der Waals surface area contributed by atoms with E-state index in [1.165, 1.54) is 12.1 Å². The first-order valence-electron chi connectivity index (χ1n) is 12.4. The van der Waals surface area contributed by atoms with Crippen LogP contribution in [0.3, 0.4) is 0 Å². The number of halogens is 4. The van der Waals surface area contributed by atoms with Gasteiger partial charge in [-0.3, -0.25) is 14.2 Å². The van der Waals surface area contributed by atoms with Gasteiger partial charge in [0.2, 0.25) is 0 Å². The van der Waals surface area contributed by atoms with Crippen LogP contribution >= 0.6 is 11.6 Å². The summed E-state index contributed by atoms with van der Waals surface area (Å²) in [5.74, 6) is 0.0699. The highest BCUT2D eigenvalue weighted by atomic mass is 35.5. The number of imidazole rings is 1. The summed E-state index contributed by atoms with van der Waals surface area (Å²) in [7, 11) is 1.82. The molecule has 206 valence electrons. The molecule has 0 saturated carbocycles. The highest BCUT2D eigenvalue weighted by Crippen LogP contribution is 2.24. The molecule has 0 aliphatic heterocycles. The zero-order valence-corrected chi connectivity index (χ0v) is 22.3. The first kappa shape index (κ1) is 27.2. The second-order valence-electron chi connectivity index (χ2n) is 9.12. The van der Waals surface area contributed by atoms with Crippen LogP contribution in [-0.2, 0) is 19.5 Å². The molecule has 3 heterocycles. The molecule has 2 aromatic carbocycles. The van der Waals surface area contributed by atoms with E-state index in [1.54, 1.807) is 41.1 Å². The molecule has 0 atom stereocenters. The lowest BCUT2D eigenvalue weighted by atomic mass is 10.2. The fraction of sp³-hybridized carbons (Fsp3) is 0.214. The Kier molecular flexibility index (Phi) is 7.49. The Balaban J connectivity index is 1.26. The van der Waals surface area contributed by atoms with Gasteiger partial charge in [-0.25, -0.2) is 9.97 Å². The molecule has 0 saturated heterocycles. The molecule has 0 bridgehead atoms. The number of amides is 1. The minimum atomic E-state index is -4.73. The predicted octanol–water partition coefficient (Wildman–Crippen LogP) is 5.96. The van der Waals surface area contributed by atoms with Gasteiger partial charge < -0.3 is 15.0 Å². The fourth-order valence-electron chi connectivity index (χ4n) is 4.31. The molecule has 8 nitrogen and oxygen atoms in total. The number of pyridine rings is 1. The number of fused-ring (bicyclic) bond motifs is 2. The molecule has 0 aliphatic carbocycles. The zero-order valence-electron chi connectivity index (χ0n) is 21.5. The van der Waals surface area contributed by atoms with Crippen LogP contribution < -0.4 is 15.0 Å². The second kappa shape index (κ2) is 11.0. The van der Waals surface area contributed by atoms with Gasteiger partial charge in [0.15, 0.2) is 0 Å². The third-order valence-corrected chi connectivity index (χ3v) is 6.44. The quantitative estimate of drug-likeness (QED) is 0.249. The van der Waals surface area contributed by atoms with Crippen LogP contribution in [-0.4, -0.2) is 38.7 Å². The van der Waals surface area contributed by atoms with Crippen LogP contribution in [0.25, 0.3) is 16.7 Å². The number of carbonyl (C=O) groups is 1. The van der Waals surface area contributed by atoms with E-state index in [4.69, 9.17) is 11.6 Å². The third-order valence-electron chi connectivity index (χ3n) is 6.22. The summed E-state index contributed by atoms with van der Waals surface area (Å²) in [6, 6.07) is 14.7. The van der Waals surface area contributed by atoms with Crippen LogP contribution in [0.5, 0.6) is 5.75 Å². The van der Waals surface area contributed by atoms with E-state index in [2.05, 4.69) is 25.0 Å². The van der Waals surface area contributed by atoms with E-state index in [0.717, 1.165) is 11.1 Å². The van der Waals surface area contributed by atoms with Crippen molar-refractivity contribution in [1.29, 1.82) is 0 Å². The summed E-state index contributed by atoms with van der Waals surface area (Å²) in [6.45, 7) is 2.63. The molecule has 1 N–H and O–H groups in total. The van der Waals surface area contributed by atoms with E-state index in [0.29, 0.717) is 51.9 Å². The Morgan fingerprint density at radius 3 is 2.52 bits per heavy atom. The number of hydrogen-bond donors (Lipinski definition) is 1. The van der Waals surface area contributed by atoms with E-state index in [1.807, 2.05) is 37.1 Å². The topological polar surface area (TPSA) is 84.7 Å². The molecular weight excluding hydrogens is 545 g/mol. The lowest BCUT2D eigenvalue weighted by molar-refractivity contribution is -0.274. The number of ether oxygens (including phenoxy) is 1. The summed E-state index contributed by atoms with van der Waals surface area (Å²) in [5, 5.41) is 3.46. The van der Waals surface area contributed by atoms with Crippen molar-refractivity contribution in [2.75, 3.05) is 11.9 Å². The largest absolute Gasteiger partial charge is 0.573 e. The van der Waals surface area contributed by atoms with Crippen LogP contribution in [0.2, 0.25) is 5.02 Å². The van der Waals surface area contributed by atoms with Gasteiger partial charge in [0, 0.05) is 26.3 Å². The maximum atomic E-state index is 13.1. The molecule has 12 heteroatoms. The standard InChI is InChI=1S/C28H24ClF3N6O2/c1-3-21-26(38-16-19(29)7-11-24(38)35-21)27(39)34-13-18-6-10-22-23(12-18)33-14-25(36-22)37(2)15-17-4-8-20(9-5-17)40-28(30,31)32/h4-12,14,16H,3,13,15H2,1-2H3,(H,34,39). The van der Waals surface area contributed by atoms with Crippen molar-refractivity contribution in [2.24, 2.45) is 0 Å². The predicted molar refractivity (Wildman–Crippen MR) is 146 cm³/mol. The smallest absolute Gasteiger partial charge is 0.406 e. The van der Waals surface area contributed by atoms with Crippen molar-refractivity contribution >= 4 is 40.0 Å².